The van der Waals surface area contributed by atoms with Crippen LogP contribution in [0.1, 0.15) is 31.2 Å². The van der Waals surface area contributed by atoms with Crippen LogP contribution in [0.3, 0.4) is 0 Å². The highest BCUT2D eigenvalue weighted by Gasteiger charge is 2.17. The van der Waals surface area contributed by atoms with Crippen molar-refractivity contribution >= 4 is 33.8 Å². The van der Waals surface area contributed by atoms with Crippen LogP contribution in [0.2, 0.25) is 0 Å². The quantitative estimate of drug-likeness (QED) is 0.363. The van der Waals surface area contributed by atoms with Gasteiger partial charge >= 0.3 is 5.69 Å². The Labute approximate surface area is 181 Å². The van der Waals surface area contributed by atoms with E-state index in [1.54, 1.807) is 18.7 Å². The summed E-state index contributed by atoms with van der Waals surface area (Å²) in [6.45, 7) is 4.47. The SMILES string of the molecule is CCCCn1c(=O)[nH]c(=O)c2c1nc(CSc1nc3ccc(C)cc3c(=O)n1C)n2C. The van der Waals surface area contributed by atoms with Crippen LogP contribution in [0.25, 0.3) is 22.1 Å². The van der Waals surface area contributed by atoms with Gasteiger partial charge in [-0.3, -0.25) is 23.7 Å². The van der Waals surface area contributed by atoms with E-state index in [4.69, 9.17) is 0 Å². The molecule has 0 spiro atoms. The number of hydrogen-bond donors (Lipinski definition) is 1. The molecular weight excluding hydrogens is 416 g/mol. The molecule has 4 rings (SSSR count). The third-order valence-corrected chi connectivity index (χ3v) is 6.39. The maximum Gasteiger partial charge on any atom is 0.330 e. The van der Waals surface area contributed by atoms with Gasteiger partial charge in [-0.2, -0.15) is 0 Å². The van der Waals surface area contributed by atoms with Crippen LogP contribution in [-0.2, 0) is 26.4 Å². The van der Waals surface area contributed by atoms with E-state index in [2.05, 4.69) is 15.0 Å². The third-order valence-electron chi connectivity index (χ3n) is 5.36. The van der Waals surface area contributed by atoms with E-state index in [0.29, 0.717) is 45.3 Å². The lowest BCUT2D eigenvalue weighted by Gasteiger charge is -2.09. The van der Waals surface area contributed by atoms with Crippen molar-refractivity contribution in [3.8, 4) is 0 Å². The van der Waals surface area contributed by atoms with Gasteiger partial charge in [-0.25, -0.2) is 14.8 Å². The molecule has 3 aromatic heterocycles. The number of H-pyrrole nitrogens is 1. The van der Waals surface area contributed by atoms with Crippen LogP contribution < -0.4 is 16.8 Å². The normalized spacial score (nSPS) is 11.6. The number of benzene rings is 1. The van der Waals surface area contributed by atoms with Gasteiger partial charge in [0, 0.05) is 20.6 Å². The molecule has 0 aliphatic rings. The van der Waals surface area contributed by atoms with Crippen LogP contribution in [-0.4, -0.2) is 28.7 Å². The molecule has 0 saturated carbocycles. The fraction of sp³-hybridized carbons (Fsp3) is 0.381. The Kier molecular flexibility index (Phi) is 5.57. The first kappa shape index (κ1) is 21.1. The van der Waals surface area contributed by atoms with E-state index in [1.807, 2.05) is 32.0 Å². The molecule has 9 nitrogen and oxygen atoms in total. The van der Waals surface area contributed by atoms with Crippen molar-refractivity contribution < 1.29 is 0 Å². The molecule has 0 saturated heterocycles. The zero-order valence-corrected chi connectivity index (χ0v) is 18.7. The van der Waals surface area contributed by atoms with Crippen molar-refractivity contribution in [2.75, 3.05) is 0 Å². The maximum absolute atomic E-state index is 12.8. The number of nitrogens with one attached hydrogen (secondary N) is 1. The molecule has 0 radical (unpaired) electrons. The zero-order chi connectivity index (χ0) is 22.3. The summed E-state index contributed by atoms with van der Waals surface area (Å²) in [6, 6.07) is 5.61. The first-order valence-corrected chi connectivity index (χ1v) is 11.1. The molecule has 0 fully saturated rings. The summed E-state index contributed by atoms with van der Waals surface area (Å²) in [5.74, 6) is 1.02. The highest BCUT2D eigenvalue weighted by Crippen LogP contribution is 2.23. The largest absolute Gasteiger partial charge is 0.330 e. The maximum atomic E-state index is 12.8. The summed E-state index contributed by atoms with van der Waals surface area (Å²) in [7, 11) is 3.45. The number of aromatic nitrogens is 6. The van der Waals surface area contributed by atoms with E-state index in [-0.39, 0.29) is 5.56 Å². The second-order valence-electron chi connectivity index (χ2n) is 7.59. The molecule has 31 heavy (non-hydrogen) atoms. The number of unbranched alkanes of at least 4 members (excludes halogenated alkanes) is 1. The molecule has 162 valence electrons. The third kappa shape index (κ3) is 3.71. The van der Waals surface area contributed by atoms with Crippen molar-refractivity contribution in [2.45, 2.75) is 44.1 Å². The molecule has 0 atom stereocenters. The molecule has 1 N–H and O–H groups in total. The van der Waals surface area contributed by atoms with Crippen LogP contribution in [0.4, 0.5) is 0 Å². The zero-order valence-electron chi connectivity index (χ0n) is 17.9. The van der Waals surface area contributed by atoms with Crippen LogP contribution in [0.15, 0.2) is 37.7 Å². The lowest BCUT2D eigenvalue weighted by molar-refractivity contribution is 0.613. The van der Waals surface area contributed by atoms with Crippen molar-refractivity contribution in [3.05, 3.63) is 60.8 Å². The Hall–Kier alpha value is -3.14. The predicted octanol–water partition coefficient (Wildman–Crippen LogP) is 2.07. The number of aromatic amines is 1. The van der Waals surface area contributed by atoms with Crippen molar-refractivity contribution in [1.82, 2.24) is 28.7 Å². The Morgan fingerprint density at radius 2 is 1.87 bits per heavy atom. The second-order valence-corrected chi connectivity index (χ2v) is 8.53. The lowest BCUT2D eigenvalue weighted by atomic mass is 10.2. The fourth-order valence-corrected chi connectivity index (χ4v) is 4.52. The summed E-state index contributed by atoms with van der Waals surface area (Å²) in [4.78, 5) is 49.1. The van der Waals surface area contributed by atoms with E-state index < -0.39 is 11.2 Å². The van der Waals surface area contributed by atoms with Gasteiger partial charge in [-0.1, -0.05) is 36.7 Å². The summed E-state index contributed by atoms with van der Waals surface area (Å²) in [5.41, 5.74) is 1.39. The fourth-order valence-electron chi connectivity index (χ4n) is 3.57. The van der Waals surface area contributed by atoms with Gasteiger partial charge in [0.05, 0.1) is 16.7 Å². The summed E-state index contributed by atoms with van der Waals surface area (Å²) in [5, 5.41) is 1.15. The van der Waals surface area contributed by atoms with E-state index in [0.717, 1.165) is 18.4 Å². The first-order valence-electron chi connectivity index (χ1n) is 10.1. The molecule has 1 aromatic carbocycles. The van der Waals surface area contributed by atoms with Crippen molar-refractivity contribution in [1.29, 1.82) is 0 Å². The van der Waals surface area contributed by atoms with Crippen molar-refractivity contribution in [2.24, 2.45) is 14.1 Å². The first-order chi connectivity index (χ1) is 14.8. The van der Waals surface area contributed by atoms with Gasteiger partial charge in [0.2, 0.25) is 0 Å². The molecule has 3 heterocycles. The number of imidazole rings is 1. The van der Waals surface area contributed by atoms with Crippen LogP contribution in [0.5, 0.6) is 0 Å². The number of rotatable bonds is 6. The molecule has 4 aromatic rings. The standard InChI is InChI=1S/C21H24N6O3S/c1-5-6-9-27-17-16(18(28)24-20(27)30)25(3)15(23-17)11-31-21-22-14-8-7-12(2)10-13(14)19(29)26(21)4/h7-8,10H,5-6,9,11H2,1-4H3,(H,24,28,30). The number of thioether (sulfide) groups is 1. The smallest absolute Gasteiger partial charge is 0.325 e. The second kappa shape index (κ2) is 8.18. The molecule has 0 aliphatic heterocycles. The Morgan fingerprint density at radius 3 is 2.61 bits per heavy atom. The summed E-state index contributed by atoms with van der Waals surface area (Å²) in [6.07, 6.45) is 1.73. The average molecular weight is 441 g/mol. The van der Waals surface area contributed by atoms with Gasteiger partial charge in [0.15, 0.2) is 16.3 Å². The minimum atomic E-state index is -0.453. The molecule has 10 heteroatoms. The summed E-state index contributed by atoms with van der Waals surface area (Å²) < 4.78 is 4.74. The number of nitrogens with zero attached hydrogens (tertiary/aromatic N) is 5. The number of aryl methyl sites for hydroxylation is 3. The predicted molar refractivity (Wildman–Crippen MR) is 122 cm³/mol. The Morgan fingerprint density at radius 1 is 1.10 bits per heavy atom. The number of hydrogen-bond acceptors (Lipinski definition) is 6. The van der Waals surface area contributed by atoms with Crippen molar-refractivity contribution in [3.63, 3.8) is 0 Å². The molecule has 0 bridgehead atoms. The molecular formula is C21H24N6O3S. The van der Waals surface area contributed by atoms with Gasteiger partial charge in [0.1, 0.15) is 5.82 Å². The summed E-state index contributed by atoms with van der Waals surface area (Å²) >= 11 is 1.37. The molecule has 0 aliphatic carbocycles. The van der Waals surface area contributed by atoms with E-state index >= 15 is 0 Å². The Balaban J connectivity index is 1.74. The minimum Gasteiger partial charge on any atom is -0.325 e. The van der Waals surface area contributed by atoms with Gasteiger partial charge in [-0.05, 0) is 25.5 Å². The topological polar surface area (TPSA) is 108 Å². The minimum absolute atomic E-state index is 0.106. The van der Waals surface area contributed by atoms with Gasteiger partial charge < -0.3 is 4.57 Å². The Bertz CT molecular complexity index is 1480. The van der Waals surface area contributed by atoms with E-state index in [1.165, 1.54) is 20.9 Å². The van der Waals surface area contributed by atoms with Crippen LogP contribution >= 0.6 is 11.8 Å². The monoisotopic (exact) mass is 440 g/mol. The van der Waals surface area contributed by atoms with Gasteiger partial charge in [-0.15, -0.1) is 0 Å². The lowest BCUT2D eigenvalue weighted by Crippen LogP contribution is -2.31. The van der Waals surface area contributed by atoms with E-state index in [9.17, 15) is 14.4 Å². The molecule has 0 unspecified atom stereocenters. The highest BCUT2D eigenvalue weighted by molar-refractivity contribution is 7.98. The van der Waals surface area contributed by atoms with Crippen LogP contribution in [0, 0.1) is 6.92 Å². The van der Waals surface area contributed by atoms with Gasteiger partial charge in [0.25, 0.3) is 11.1 Å². The average Bonchev–Trinajstić information content (AvgIpc) is 3.06. The highest BCUT2D eigenvalue weighted by atomic mass is 32.2. The molecule has 0 amide bonds. The number of fused-ring (bicyclic) bond motifs is 2.